The summed E-state index contributed by atoms with van der Waals surface area (Å²) in [7, 11) is 0. The van der Waals surface area contributed by atoms with Crippen LogP contribution in [0.15, 0.2) is 47.3 Å². The highest BCUT2D eigenvalue weighted by Crippen LogP contribution is 2.32. The molecule has 1 fully saturated rings. The first kappa shape index (κ1) is 31.2. The number of hydrogen-bond acceptors (Lipinski definition) is 7. The molecule has 2 N–H and O–H groups in total. The van der Waals surface area contributed by atoms with Gasteiger partial charge in [0.05, 0.1) is 6.20 Å². The number of nitrogens with zero attached hydrogens (tertiary/aromatic N) is 4. The number of rotatable bonds is 8. The van der Waals surface area contributed by atoms with Crippen LogP contribution >= 0.6 is 0 Å². The van der Waals surface area contributed by atoms with Crippen LogP contribution in [-0.2, 0) is 10.7 Å². The summed E-state index contributed by atoms with van der Waals surface area (Å²) in [6.07, 6.45) is 6.79. The second-order valence-corrected chi connectivity index (χ2v) is 9.32. The van der Waals surface area contributed by atoms with Gasteiger partial charge in [0.15, 0.2) is 17.7 Å². The van der Waals surface area contributed by atoms with Crippen LogP contribution in [0.5, 0.6) is 11.5 Å². The topological polar surface area (TPSA) is 124 Å². The Morgan fingerprint density at radius 2 is 1.78 bits per heavy atom. The molecule has 1 saturated carbocycles. The molecule has 2 amide bonds. The highest BCUT2D eigenvalue weighted by molar-refractivity contribution is 6.04. The number of alkyl halides is 2. The molecule has 220 valence electrons. The Kier molecular flexibility index (Phi) is 10.5. The molecule has 10 nitrogen and oxygen atoms in total. The Labute approximate surface area is 237 Å². The van der Waals surface area contributed by atoms with E-state index in [1.54, 1.807) is 43.5 Å². The number of pyridine rings is 1. The van der Waals surface area contributed by atoms with Crippen LogP contribution in [0.4, 0.5) is 20.4 Å². The van der Waals surface area contributed by atoms with Gasteiger partial charge in [0.2, 0.25) is 17.6 Å². The van der Waals surface area contributed by atoms with Crippen LogP contribution in [0.1, 0.15) is 82.1 Å². The van der Waals surface area contributed by atoms with Crippen molar-refractivity contribution in [1.82, 2.24) is 19.6 Å². The van der Waals surface area contributed by atoms with Crippen LogP contribution in [0.2, 0.25) is 0 Å². The van der Waals surface area contributed by atoms with E-state index < -0.39 is 23.3 Å². The standard InChI is InChI=1S/C23H20F2N6O4.C4H10.C2H6/c1-12-3-6-14(9-16(12)27-21(33)18-19(23(2,24)25)34-11-26-18)35-15-7-8-17-28-22(30-31(17)10-15)29-20(32)13-4-5-13;1-3-4-2;1-2/h3,6-11,13H,4-5H2,1-2H3,(H,27,33)(H,29,30,32);3-4H2,1-2H3;1-2H3. The Balaban J connectivity index is 0.000000710. The first-order valence-electron chi connectivity index (χ1n) is 13.7. The lowest BCUT2D eigenvalue weighted by molar-refractivity contribution is -0.117. The molecule has 41 heavy (non-hydrogen) atoms. The van der Waals surface area contributed by atoms with Crippen LogP contribution in [-0.4, -0.2) is 31.4 Å². The molecule has 0 bridgehead atoms. The summed E-state index contributed by atoms with van der Waals surface area (Å²) in [5.41, 5.74) is 1.07. The number of aryl methyl sites for hydroxylation is 1. The van der Waals surface area contributed by atoms with Crippen LogP contribution < -0.4 is 15.4 Å². The highest BCUT2D eigenvalue weighted by atomic mass is 19.3. The Morgan fingerprint density at radius 3 is 2.41 bits per heavy atom. The van der Waals surface area contributed by atoms with Gasteiger partial charge in [-0.05, 0) is 43.5 Å². The zero-order valence-electron chi connectivity index (χ0n) is 24.1. The molecular weight excluding hydrogens is 534 g/mol. The van der Waals surface area contributed by atoms with Crippen molar-refractivity contribution in [3.63, 3.8) is 0 Å². The molecule has 4 aromatic rings. The molecule has 0 atom stereocenters. The summed E-state index contributed by atoms with van der Waals surface area (Å²) in [5, 5.41) is 9.52. The minimum atomic E-state index is -3.36. The Morgan fingerprint density at radius 1 is 1.10 bits per heavy atom. The molecule has 5 rings (SSSR count). The number of carbonyl (C=O) groups excluding carboxylic acids is 2. The molecular formula is C29H36F2N6O4. The van der Waals surface area contributed by atoms with Gasteiger partial charge >= 0.3 is 5.92 Å². The van der Waals surface area contributed by atoms with Gasteiger partial charge < -0.3 is 14.5 Å². The quantitative estimate of drug-likeness (QED) is 0.227. The monoisotopic (exact) mass is 570 g/mol. The summed E-state index contributed by atoms with van der Waals surface area (Å²) >= 11 is 0. The van der Waals surface area contributed by atoms with Crippen molar-refractivity contribution in [2.24, 2.45) is 5.92 Å². The zero-order chi connectivity index (χ0) is 30.2. The smallest absolute Gasteiger partial charge is 0.304 e. The molecule has 3 aromatic heterocycles. The zero-order valence-corrected chi connectivity index (χ0v) is 24.1. The van der Waals surface area contributed by atoms with Crippen molar-refractivity contribution >= 4 is 29.1 Å². The number of oxazole rings is 1. The average Bonchev–Trinajstić information content (AvgIpc) is 3.53. The van der Waals surface area contributed by atoms with Crippen molar-refractivity contribution in [2.45, 2.75) is 73.1 Å². The minimum Gasteiger partial charge on any atom is -0.456 e. The van der Waals surface area contributed by atoms with Gasteiger partial charge in [-0.2, -0.15) is 13.8 Å². The second kappa shape index (κ2) is 13.8. The molecule has 0 aliphatic heterocycles. The first-order valence-corrected chi connectivity index (χ1v) is 13.7. The fraction of sp³-hybridized carbons (Fsp3) is 0.414. The van der Waals surface area contributed by atoms with Gasteiger partial charge in [-0.3, -0.25) is 14.9 Å². The first-order chi connectivity index (χ1) is 19.6. The van der Waals surface area contributed by atoms with Gasteiger partial charge in [-0.1, -0.05) is 46.6 Å². The summed E-state index contributed by atoms with van der Waals surface area (Å²) in [6, 6.07) is 8.33. The largest absolute Gasteiger partial charge is 0.456 e. The number of ether oxygens (including phenoxy) is 1. The number of anilines is 2. The predicted molar refractivity (Wildman–Crippen MR) is 152 cm³/mol. The van der Waals surface area contributed by atoms with E-state index in [1.165, 1.54) is 17.4 Å². The van der Waals surface area contributed by atoms with Gasteiger partial charge in [0, 0.05) is 24.6 Å². The molecule has 0 radical (unpaired) electrons. The number of aromatic nitrogens is 4. The van der Waals surface area contributed by atoms with Crippen molar-refractivity contribution < 1.29 is 27.5 Å². The van der Waals surface area contributed by atoms with Crippen molar-refractivity contribution in [2.75, 3.05) is 10.6 Å². The van der Waals surface area contributed by atoms with Gasteiger partial charge in [-0.15, -0.1) is 5.10 Å². The molecule has 12 heteroatoms. The molecule has 3 heterocycles. The van der Waals surface area contributed by atoms with Gasteiger partial charge in [0.25, 0.3) is 5.91 Å². The van der Waals surface area contributed by atoms with Crippen molar-refractivity contribution in [1.29, 1.82) is 0 Å². The maximum atomic E-state index is 13.7. The SMILES string of the molecule is CC.CCCC.Cc1ccc(Oc2ccc3nc(NC(=O)C4CC4)nn3c2)cc1NC(=O)c1ncoc1C(C)(F)F. The minimum absolute atomic E-state index is 0.0334. The van der Waals surface area contributed by atoms with Gasteiger partial charge in [0.1, 0.15) is 11.5 Å². The van der Waals surface area contributed by atoms with E-state index in [-0.39, 0.29) is 17.8 Å². The molecule has 1 aliphatic rings. The Bertz CT molecular complexity index is 1470. The van der Waals surface area contributed by atoms with E-state index in [0.717, 1.165) is 19.2 Å². The lowest BCUT2D eigenvalue weighted by Gasteiger charge is -2.12. The van der Waals surface area contributed by atoms with E-state index in [2.05, 4.69) is 39.5 Å². The third-order valence-corrected chi connectivity index (χ3v) is 5.86. The molecule has 1 aliphatic carbocycles. The number of unbranched alkanes of at least 4 members (excludes halogenated alkanes) is 1. The number of nitrogens with one attached hydrogen (secondary N) is 2. The van der Waals surface area contributed by atoms with Crippen LogP contribution in [0.3, 0.4) is 0 Å². The normalized spacial score (nSPS) is 12.5. The Hall–Kier alpha value is -4.35. The predicted octanol–water partition coefficient (Wildman–Crippen LogP) is 7.36. The number of halogens is 2. The fourth-order valence-corrected chi connectivity index (χ4v) is 3.37. The number of fused-ring (bicyclic) bond motifs is 1. The average molecular weight is 571 g/mol. The third-order valence-electron chi connectivity index (χ3n) is 5.86. The van der Waals surface area contributed by atoms with Crippen LogP contribution in [0, 0.1) is 12.8 Å². The molecule has 0 spiro atoms. The van der Waals surface area contributed by atoms with Gasteiger partial charge in [-0.25, -0.2) is 9.50 Å². The lowest BCUT2D eigenvalue weighted by atomic mass is 10.1. The molecule has 1 aromatic carbocycles. The molecule has 0 saturated heterocycles. The number of benzene rings is 1. The lowest BCUT2D eigenvalue weighted by Crippen LogP contribution is -2.19. The number of amides is 2. The van der Waals surface area contributed by atoms with E-state index >= 15 is 0 Å². The fourth-order valence-electron chi connectivity index (χ4n) is 3.37. The van der Waals surface area contributed by atoms with Crippen molar-refractivity contribution in [3.05, 3.63) is 59.9 Å². The van der Waals surface area contributed by atoms with E-state index in [9.17, 15) is 18.4 Å². The maximum absolute atomic E-state index is 13.7. The van der Waals surface area contributed by atoms with E-state index in [4.69, 9.17) is 9.15 Å². The van der Waals surface area contributed by atoms with E-state index in [1.807, 2.05) is 13.8 Å². The summed E-state index contributed by atoms with van der Waals surface area (Å²) in [6.45, 7) is 10.7. The third kappa shape index (κ3) is 8.32. The van der Waals surface area contributed by atoms with Crippen LogP contribution in [0.25, 0.3) is 5.65 Å². The maximum Gasteiger partial charge on any atom is 0.304 e. The second-order valence-electron chi connectivity index (χ2n) is 9.32. The summed E-state index contributed by atoms with van der Waals surface area (Å²) in [4.78, 5) is 32.4. The molecule has 0 unspecified atom stereocenters. The number of carbonyl (C=O) groups is 2. The number of hydrogen-bond donors (Lipinski definition) is 2. The highest BCUT2D eigenvalue weighted by Gasteiger charge is 2.35. The van der Waals surface area contributed by atoms with Crippen molar-refractivity contribution in [3.8, 4) is 11.5 Å². The summed E-state index contributed by atoms with van der Waals surface area (Å²) in [5.74, 6) is -4.04. The summed E-state index contributed by atoms with van der Waals surface area (Å²) < 4.78 is 39.4. The van der Waals surface area contributed by atoms with E-state index in [0.29, 0.717) is 35.3 Å².